The van der Waals surface area contributed by atoms with Crippen molar-refractivity contribution in [1.29, 1.82) is 0 Å². The van der Waals surface area contributed by atoms with Gasteiger partial charge in [0.1, 0.15) is 0 Å². The van der Waals surface area contributed by atoms with Gasteiger partial charge in [-0.3, -0.25) is 4.79 Å². The van der Waals surface area contributed by atoms with Crippen molar-refractivity contribution in [3.8, 4) is 0 Å². The number of hydrogen-bond donors (Lipinski definition) is 2. The minimum Gasteiger partial charge on any atom is -0.374 e. The monoisotopic (exact) mass is 352 g/mol. The largest absolute Gasteiger partial charge is 0.374 e. The summed E-state index contributed by atoms with van der Waals surface area (Å²) >= 11 is 0. The highest BCUT2D eigenvalue weighted by Crippen LogP contribution is 2.25. The summed E-state index contributed by atoms with van der Waals surface area (Å²) in [4.78, 5) is 12.3. The summed E-state index contributed by atoms with van der Waals surface area (Å²) in [5.74, 6) is 0.166. The Morgan fingerprint density at radius 2 is 1.79 bits per heavy atom. The summed E-state index contributed by atoms with van der Waals surface area (Å²) in [6.07, 6.45) is 9.25. The van der Waals surface area contributed by atoms with Gasteiger partial charge in [-0.2, -0.15) is 0 Å². The van der Waals surface area contributed by atoms with Gasteiger partial charge in [-0.25, -0.2) is 0 Å². The number of rotatable bonds is 5. The lowest BCUT2D eigenvalue weighted by molar-refractivity contribution is -0.120. The fourth-order valence-corrected chi connectivity index (χ4v) is 3.66. The third kappa shape index (κ3) is 5.47. The molecule has 2 aliphatic rings. The smallest absolute Gasteiger partial charge is 0.227 e. The molecule has 5 heteroatoms. The molecule has 2 unspecified atom stereocenters. The van der Waals surface area contributed by atoms with Crippen molar-refractivity contribution < 1.29 is 9.53 Å². The number of hydrogen-bond acceptors (Lipinski definition) is 3. The minimum atomic E-state index is 0. The summed E-state index contributed by atoms with van der Waals surface area (Å²) < 4.78 is 5.92. The first-order valence-corrected chi connectivity index (χ1v) is 8.97. The van der Waals surface area contributed by atoms with Crippen LogP contribution in [0.2, 0.25) is 0 Å². The maximum absolute atomic E-state index is 12.3. The number of ether oxygens (including phenoxy) is 1. The average Bonchev–Trinajstić information content (AvgIpc) is 3.08. The molecule has 0 spiro atoms. The number of nitrogens with two attached hydrogens (primary N) is 1. The zero-order chi connectivity index (χ0) is 16.1. The lowest BCUT2D eigenvalue weighted by Gasteiger charge is -2.25. The first-order valence-electron chi connectivity index (χ1n) is 8.97. The van der Waals surface area contributed by atoms with Crippen LogP contribution < -0.4 is 11.1 Å². The number of anilines is 1. The van der Waals surface area contributed by atoms with Crippen molar-refractivity contribution in [2.45, 2.75) is 70.1 Å². The molecule has 24 heavy (non-hydrogen) atoms. The molecule has 0 radical (unpaired) electrons. The molecule has 0 aliphatic heterocycles. The number of benzene rings is 1. The van der Waals surface area contributed by atoms with Crippen LogP contribution >= 0.6 is 12.4 Å². The summed E-state index contributed by atoms with van der Waals surface area (Å²) in [5.41, 5.74) is 7.99. The maximum Gasteiger partial charge on any atom is 0.227 e. The average molecular weight is 353 g/mol. The van der Waals surface area contributed by atoms with Gasteiger partial charge in [-0.1, -0.05) is 31.4 Å². The topological polar surface area (TPSA) is 64.4 Å². The molecule has 2 fully saturated rings. The molecule has 3 N–H and O–H groups in total. The zero-order valence-corrected chi connectivity index (χ0v) is 15.0. The summed E-state index contributed by atoms with van der Waals surface area (Å²) in [6, 6.07) is 8.19. The van der Waals surface area contributed by atoms with Crippen LogP contribution in [-0.2, 0) is 16.1 Å². The molecule has 4 nitrogen and oxygen atoms in total. The molecule has 2 saturated carbocycles. The molecule has 0 bridgehead atoms. The second kappa shape index (κ2) is 9.40. The van der Waals surface area contributed by atoms with Gasteiger partial charge in [-0.15, -0.1) is 12.4 Å². The third-order valence-corrected chi connectivity index (χ3v) is 5.09. The molecule has 0 aromatic heterocycles. The van der Waals surface area contributed by atoms with E-state index in [9.17, 15) is 4.79 Å². The number of amides is 1. The quantitative estimate of drug-likeness (QED) is 0.841. The molecule has 1 aromatic carbocycles. The predicted molar refractivity (Wildman–Crippen MR) is 99.3 cm³/mol. The molecule has 0 heterocycles. The molecule has 2 aliphatic carbocycles. The lowest BCUT2D eigenvalue weighted by Crippen LogP contribution is -2.34. The van der Waals surface area contributed by atoms with E-state index in [2.05, 4.69) is 5.32 Å². The standard InChI is InChI=1S/C19H28N2O2.ClH/c20-16-5-3-4-15(12-16)19(22)21-17-10-8-14(9-11-17)13-23-18-6-1-2-7-18;/h8-11,15-16,18H,1-7,12-13,20H2,(H,21,22);1H. The highest BCUT2D eigenvalue weighted by Gasteiger charge is 2.25. The maximum atomic E-state index is 12.3. The van der Waals surface area contributed by atoms with E-state index in [-0.39, 0.29) is 30.3 Å². The van der Waals surface area contributed by atoms with E-state index >= 15 is 0 Å². The van der Waals surface area contributed by atoms with E-state index in [1.807, 2.05) is 24.3 Å². The van der Waals surface area contributed by atoms with Crippen LogP contribution in [0, 0.1) is 5.92 Å². The molecule has 0 saturated heterocycles. The van der Waals surface area contributed by atoms with Crippen LogP contribution in [0.4, 0.5) is 5.69 Å². The highest BCUT2D eigenvalue weighted by molar-refractivity contribution is 5.92. The first-order chi connectivity index (χ1) is 11.2. The van der Waals surface area contributed by atoms with Crippen molar-refractivity contribution in [2.24, 2.45) is 11.7 Å². The van der Waals surface area contributed by atoms with Crippen molar-refractivity contribution in [2.75, 3.05) is 5.32 Å². The minimum absolute atomic E-state index is 0. The Morgan fingerprint density at radius 1 is 1.08 bits per heavy atom. The Balaban J connectivity index is 0.00000208. The summed E-state index contributed by atoms with van der Waals surface area (Å²) in [7, 11) is 0. The fraction of sp³-hybridized carbons (Fsp3) is 0.632. The summed E-state index contributed by atoms with van der Waals surface area (Å²) in [5, 5.41) is 3.02. The number of nitrogens with one attached hydrogen (secondary N) is 1. The third-order valence-electron chi connectivity index (χ3n) is 5.09. The van der Waals surface area contributed by atoms with E-state index in [0.29, 0.717) is 12.7 Å². The van der Waals surface area contributed by atoms with E-state index < -0.39 is 0 Å². The predicted octanol–water partition coefficient (Wildman–Crippen LogP) is 4.02. The van der Waals surface area contributed by atoms with Crippen LogP contribution in [0.15, 0.2) is 24.3 Å². The van der Waals surface area contributed by atoms with E-state index in [4.69, 9.17) is 10.5 Å². The van der Waals surface area contributed by atoms with E-state index in [1.54, 1.807) is 0 Å². The van der Waals surface area contributed by atoms with Gasteiger partial charge in [0.25, 0.3) is 0 Å². The van der Waals surface area contributed by atoms with Gasteiger partial charge in [0.05, 0.1) is 12.7 Å². The molecule has 3 rings (SSSR count). The Hall–Kier alpha value is -1.10. The SMILES string of the molecule is Cl.NC1CCCC(C(=O)Nc2ccc(COC3CCCC3)cc2)C1. The molecule has 1 amide bonds. The van der Waals surface area contributed by atoms with Crippen LogP contribution in [0.25, 0.3) is 0 Å². The Labute approximate surface area is 150 Å². The first kappa shape index (κ1) is 19.2. The molecular weight excluding hydrogens is 324 g/mol. The number of halogens is 1. The number of carbonyl (C=O) groups is 1. The Morgan fingerprint density at radius 3 is 2.46 bits per heavy atom. The van der Waals surface area contributed by atoms with Crippen molar-refractivity contribution in [1.82, 2.24) is 0 Å². The molecule has 2 atom stereocenters. The Bertz CT molecular complexity index is 515. The van der Waals surface area contributed by atoms with E-state index in [1.165, 1.54) is 25.7 Å². The molecular formula is C19H29ClN2O2. The van der Waals surface area contributed by atoms with Gasteiger partial charge in [0.15, 0.2) is 0 Å². The van der Waals surface area contributed by atoms with Crippen molar-refractivity contribution in [3.63, 3.8) is 0 Å². The fourth-order valence-electron chi connectivity index (χ4n) is 3.66. The van der Waals surface area contributed by atoms with Crippen LogP contribution in [0.1, 0.15) is 56.9 Å². The lowest BCUT2D eigenvalue weighted by atomic mass is 9.85. The van der Waals surface area contributed by atoms with Gasteiger partial charge in [-0.05, 0) is 49.8 Å². The van der Waals surface area contributed by atoms with Crippen LogP contribution in [0.3, 0.4) is 0 Å². The second-order valence-corrected chi connectivity index (χ2v) is 7.03. The van der Waals surface area contributed by atoms with Crippen LogP contribution in [0.5, 0.6) is 0 Å². The van der Waals surface area contributed by atoms with E-state index in [0.717, 1.165) is 36.9 Å². The van der Waals surface area contributed by atoms with Gasteiger partial charge in [0.2, 0.25) is 5.91 Å². The normalized spacial score (nSPS) is 24.4. The second-order valence-electron chi connectivity index (χ2n) is 7.03. The van der Waals surface area contributed by atoms with Crippen LogP contribution in [-0.4, -0.2) is 18.1 Å². The highest BCUT2D eigenvalue weighted by atomic mass is 35.5. The Kier molecular flexibility index (Phi) is 7.53. The number of carbonyl (C=O) groups excluding carboxylic acids is 1. The molecule has 1 aromatic rings. The summed E-state index contributed by atoms with van der Waals surface area (Å²) in [6.45, 7) is 0.663. The molecule has 134 valence electrons. The van der Waals surface area contributed by atoms with Crippen molar-refractivity contribution >= 4 is 24.0 Å². The zero-order valence-electron chi connectivity index (χ0n) is 14.2. The van der Waals surface area contributed by atoms with Gasteiger partial charge >= 0.3 is 0 Å². The van der Waals surface area contributed by atoms with Gasteiger partial charge < -0.3 is 15.8 Å². The van der Waals surface area contributed by atoms with Gasteiger partial charge in [0, 0.05) is 17.6 Å². The van der Waals surface area contributed by atoms with Crippen molar-refractivity contribution in [3.05, 3.63) is 29.8 Å².